The smallest absolute Gasteiger partial charge is 0.158 e. The monoisotopic (exact) mass is 303 g/mol. The Morgan fingerprint density at radius 3 is 2.50 bits per heavy atom. The first-order chi connectivity index (χ1) is 8.79. The molecule has 0 amide bonds. The Balaban J connectivity index is 2.82. The van der Waals surface area contributed by atoms with Gasteiger partial charge in [-0.3, -0.25) is 0 Å². The normalized spacial score (nSPS) is 14.8. The molecule has 0 N–H and O–H groups in total. The van der Waals surface area contributed by atoms with Crippen molar-refractivity contribution in [2.45, 2.75) is 64.4 Å². The number of unbranched alkanes of at least 4 members (excludes halogenated alkanes) is 3. The molecule has 18 heavy (non-hydrogen) atoms. The van der Waals surface area contributed by atoms with Crippen molar-refractivity contribution < 1.29 is 4.52 Å². The molecule has 4 heteroatoms. The maximum Gasteiger partial charge on any atom is 0.323 e. The van der Waals surface area contributed by atoms with E-state index in [0.717, 1.165) is 12.8 Å². The van der Waals surface area contributed by atoms with E-state index >= 15 is 0 Å². The molecule has 2 unspecified atom stereocenters. The van der Waals surface area contributed by atoms with Crippen LogP contribution in [0.3, 0.4) is 0 Å². The van der Waals surface area contributed by atoms with Crippen molar-refractivity contribution in [3.8, 4) is 0 Å². The van der Waals surface area contributed by atoms with Crippen molar-refractivity contribution in [2.24, 2.45) is 0 Å². The topological polar surface area (TPSA) is 9.23 Å². The van der Waals surface area contributed by atoms with Crippen molar-refractivity contribution in [2.75, 3.05) is 0 Å². The van der Waals surface area contributed by atoms with Gasteiger partial charge in [-0.15, -0.1) is 11.3 Å². The third-order valence-corrected chi connectivity index (χ3v) is 5.10. The van der Waals surface area contributed by atoms with E-state index in [0.29, 0.717) is 0 Å². The summed E-state index contributed by atoms with van der Waals surface area (Å²) in [6.07, 6.45) is 8.42. The van der Waals surface area contributed by atoms with Gasteiger partial charge in [0.25, 0.3) is 0 Å². The Labute approximate surface area is 122 Å². The zero-order valence-electron chi connectivity index (χ0n) is 11.4. The van der Waals surface area contributed by atoms with Crippen molar-refractivity contribution in [3.05, 3.63) is 22.4 Å². The summed E-state index contributed by atoms with van der Waals surface area (Å²) >= 11 is 6.92. The van der Waals surface area contributed by atoms with E-state index in [-0.39, 0.29) is 13.2 Å². The second kappa shape index (κ2) is 9.14. The molecule has 1 heterocycles. The zero-order valence-corrected chi connectivity index (χ0v) is 14.0. The fourth-order valence-electron chi connectivity index (χ4n) is 2.26. The van der Waals surface area contributed by atoms with Crippen LogP contribution in [0.1, 0.15) is 63.7 Å². The minimum absolute atomic E-state index is 0.0977. The van der Waals surface area contributed by atoms with Crippen LogP contribution in [0.4, 0.5) is 0 Å². The second-order valence-electron chi connectivity index (χ2n) is 4.72. The number of rotatable bonds is 10. The van der Waals surface area contributed by atoms with Crippen LogP contribution in [-0.4, -0.2) is 0 Å². The molecular weight excluding hydrogens is 279 g/mol. The van der Waals surface area contributed by atoms with E-state index in [1.165, 1.54) is 37.0 Å². The lowest BCUT2D eigenvalue weighted by Gasteiger charge is -2.27. The summed E-state index contributed by atoms with van der Waals surface area (Å²) in [6, 6.07) is 4.33. The third kappa shape index (κ3) is 4.70. The molecular formula is C14H24OPS2+. The summed E-state index contributed by atoms with van der Waals surface area (Å²) in [4.78, 5) is 1.37. The van der Waals surface area contributed by atoms with Gasteiger partial charge in [0.05, 0.1) is 0 Å². The fourth-order valence-corrected chi connectivity index (χ4v) is 4.21. The highest BCUT2D eigenvalue weighted by Gasteiger charge is 2.36. The van der Waals surface area contributed by atoms with Gasteiger partial charge >= 0.3 is 7.58 Å². The van der Waals surface area contributed by atoms with Crippen molar-refractivity contribution in [3.63, 3.8) is 0 Å². The van der Waals surface area contributed by atoms with E-state index < -0.39 is 0 Å². The molecule has 0 saturated carbocycles. The van der Waals surface area contributed by atoms with Gasteiger partial charge in [0.1, 0.15) is 0 Å². The maximum atomic E-state index is 6.08. The maximum absolute atomic E-state index is 6.08. The van der Waals surface area contributed by atoms with Crippen LogP contribution >= 0.6 is 18.9 Å². The van der Waals surface area contributed by atoms with Gasteiger partial charge in [0.15, 0.2) is 17.4 Å². The van der Waals surface area contributed by atoms with E-state index in [2.05, 4.69) is 31.4 Å². The third-order valence-electron chi connectivity index (χ3n) is 3.33. The molecule has 0 aliphatic heterocycles. The highest BCUT2D eigenvalue weighted by Crippen LogP contribution is 2.41. The first-order valence-corrected chi connectivity index (χ1v) is 9.80. The van der Waals surface area contributed by atoms with Crippen LogP contribution < -0.4 is 0 Å². The largest absolute Gasteiger partial charge is 0.323 e. The number of hydrogen-bond acceptors (Lipinski definition) is 3. The molecule has 2 atom stereocenters. The van der Waals surface area contributed by atoms with Crippen molar-refractivity contribution in [1.82, 2.24) is 0 Å². The summed E-state index contributed by atoms with van der Waals surface area (Å²) < 4.78 is 6.08. The van der Waals surface area contributed by atoms with E-state index in [1.807, 2.05) is 11.3 Å². The quantitative estimate of drug-likeness (QED) is 0.400. The molecule has 1 nitrogen and oxygen atoms in total. The first-order valence-electron chi connectivity index (χ1n) is 6.88. The second-order valence-corrected chi connectivity index (χ2v) is 6.54. The van der Waals surface area contributed by atoms with Crippen LogP contribution in [0.2, 0.25) is 0 Å². The molecule has 0 fully saturated rings. The van der Waals surface area contributed by atoms with Crippen LogP contribution in [0.25, 0.3) is 0 Å². The minimum atomic E-state index is -0.0977. The van der Waals surface area contributed by atoms with Crippen LogP contribution in [-0.2, 0) is 21.9 Å². The van der Waals surface area contributed by atoms with Gasteiger partial charge in [-0.2, -0.15) is 4.52 Å². The van der Waals surface area contributed by atoms with Gasteiger partial charge < -0.3 is 0 Å². The Hall–Kier alpha value is 0.180. The minimum Gasteiger partial charge on any atom is -0.158 e. The Kier molecular flexibility index (Phi) is 8.25. The van der Waals surface area contributed by atoms with Crippen molar-refractivity contribution >= 4 is 30.7 Å². The standard InChI is InChI=1S/C14H23OPS2/c1-3-5-7-11-14(15-16-17,10-6-4-2)13-9-8-12-18-13/h8-9,12H,3-7,10-11H2,1-2H3/p+1. The van der Waals surface area contributed by atoms with E-state index in [1.54, 1.807) is 0 Å². The molecule has 0 saturated heterocycles. The lowest BCUT2D eigenvalue weighted by atomic mass is 9.89. The molecule has 0 aliphatic rings. The number of thiophene rings is 1. The Morgan fingerprint density at radius 2 is 1.94 bits per heavy atom. The van der Waals surface area contributed by atoms with Gasteiger partial charge in [0.2, 0.25) is 0 Å². The summed E-state index contributed by atoms with van der Waals surface area (Å²) in [6.45, 7) is 4.48. The molecule has 0 radical (unpaired) electrons. The summed E-state index contributed by atoms with van der Waals surface area (Å²) in [5, 5.41) is 2.14. The molecule has 0 aromatic carbocycles. The fraction of sp³-hybridized carbons (Fsp3) is 0.714. The molecule has 102 valence electrons. The van der Waals surface area contributed by atoms with Gasteiger partial charge in [0, 0.05) is 4.88 Å². The molecule has 1 aromatic rings. The predicted molar refractivity (Wildman–Crippen MR) is 86.4 cm³/mol. The summed E-state index contributed by atoms with van der Waals surface area (Å²) in [5.41, 5.74) is -0.0977. The molecule has 0 bridgehead atoms. The molecule has 0 spiro atoms. The highest BCUT2D eigenvalue weighted by molar-refractivity contribution is 7.94. The van der Waals surface area contributed by atoms with E-state index in [4.69, 9.17) is 16.3 Å². The lowest BCUT2D eigenvalue weighted by Crippen LogP contribution is -2.25. The summed E-state index contributed by atoms with van der Waals surface area (Å²) in [7, 11) is 0.160. The summed E-state index contributed by atoms with van der Waals surface area (Å²) in [5.74, 6) is 0. The van der Waals surface area contributed by atoms with Crippen LogP contribution in [0, 0.1) is 0 Å². The van der Waals surface area contributed by atoms with Gasteiger partial charge in [-0.05, 0) is 24.3 Å². The lowest BCUT2D eigenvalue weighted by molar-refractivity contribution is 0.0675. The Morgan fingerprint density at radius 1 is 1.22 bits per heavy atom. The van der Waals surface area contributed by atoms with E-state index in [9.17, 15) is 0 Å². The van der Waals surface area contributed by atoms with Gasteiger partial charge in [-0.25, -0.2) is 0 Å². The molecule has 1 aromatic heterocycles. The number of hydrogen-bond donors (Lipinski definition) is 0. The van der Waals surface area contributed by atoms with Gasteiger partial charge in [-0.1, -0.05) is 52.0 Å². The predicted octanol–water partition coefficient (Wildman–Crippen LogP) is 5.79. The molecule has 1 rings (SSSR count). The SMILES string of the molecule is CCCCCC(CCCC)(O[PH+]=S)c1cccs1. The Bertz CT molecular complexity index is 327. The highest BCUT2D eigenvalue weighted by atomic mass is 32.4. The average molecular weight is 303 g/mol. The zero-order chi connectivity index (χ0) is 13.3. The van der Waals surface area contributed by atoms with Crippen molar-refractivity contribution in [1.29, 1.82) is 0 Å². The van der Waals surface area contributed by atoms with Crippen LogP contribution in [0.5, 0.6) is 0 Å². The van der Waals surface area contributed by atoms with Crippen LogP contribution in [0.15, 0.2) is 17.5 Å². The molecule has 0 aliphatic carbocycles. The average Bonchev–Trinajstić information content (AvgIpc) is 2.90. The first kappa shape index (κ1) is 16.2.